The second kappa shape index (κ2) is 5.45. The number of nitrogens with two attached hydrogens (primary N) is 1. The number of nitrogen functional groups attached to an aromatic ring is 1. The Bertz CT molecular complexity index is 458. The third-order valence-electron chi connectivity index (χ3n) is 2.07. The molecule has 0 aliphatic heterocycles. The lowest BCUT2D eigenvalue weighted by molar-refractivity contribution is 0.602. The molecule has 0 aliphatic rings. The summed E-state index contributed by atoms with van der Waals surface area (Å²) in [6.45, 7) is 0.809. The Morgan fingerprint density at radius 3 is 2.62 bits per heavy atom. The Kier molecular flexibility index (Phi) is 4.49. The molecule has 0 spiro atoms. The summed E-state index contributed by atoms with van der Waals surface area (Å²) in [6, 6.07) is 4.75. The Labute approximate surface area is 101 Å². The maximum Gasteiger partial charge on any atom is 0.175 e. The minimum absolute atomic E-state index is 0.250. The Hall–Kier alpha value is -0.880. The van der Waals surface area contributed by atoms with Crippen LogP contribution in [0, 0.1) is 0 Å². The summed E-state index contributed by atoms with van der Waals surface area (Å²) < 4.78 is 22.6. The van der Waals surface area contributed by atoms with Gasteiger partial charge in [0, 0.05) is 18.6 Å². The highest BCUT2D eigenvalue weighted by molar-refractivity contribution is 7.98. The van der Waals surface area contributed by atoms with Crippen LogP contribution in [0.5, 0.6) is 0 Å². The molecule has 0 saturated carbocycles. The van der Waals surface area contributed by atoms with E-state index in [1.165, 1.54) is 12.3 Å². The lowest BCUT2D eigenvalue weighted by Gasteiger charge is -2.09. The molecule has 0 bridgehead atoms. The fourth-order valence-corrected chi connectivity index (χ4v) is 2.18. The molecule has 0 heterocycles. The summed E-state index contributed by atoms with van der Waals surface area (Å²) in [6.07, 6.45) is 3.19. The van der Waals surface area contributed by atoms with Crippen LogP contribution in [-0.2, 0) is 9.84 Å². The number of hydrogen-bond donors (Lipinski definition) is 2. The number of anilines is 2. The zero-order valence-corrected chi connectivity index (χ0v) is 11.0. The summed E-state index contributed by atoms with van der Waals surface area (Å²) in [5.74, 6) is 0.979. The summed E-state index contributed by atoms with van der Waals surface area (Å²) in [5, 5.41) is 3.15. The van der Waals surface area contributed by atoms with Crippen molar-refractivity contribution in [1.82, 2.24) is 0 Å². The summed E-state index contributed by atoms with van der Waals surface area (Å²) >= 11 is 1.73. The molecule has 0 atom stereocenters. The predicted octanol–water partition coefficient (Wildman–Crippen LogP) is 1.45. The standard InChI is InChI=1S/C10H16N2O2S2/c1-15-6-5-12-10-4-3-8(7-9(10)11)16(2,13)14/h3-4,7,12H,5-6,11H2,1-2H3. The van der Waals surface area contributed by atoms with Crippen LogP contribution in [-0.4, -0.2) is 33.2 Å². The normalized spacial score (nSPS) is 11.4. The highest BCUT2D eigenvalue weighted by atomic mass is 32.2. The molecule has 3 N–H and O–H groups in total. The van der Waals surface area contributed by atoms with E-state index < -0.39 is 9.84 Å². The van der Waals surface area contributed by atoms with E-state index in [0.717, 1.165) is 18.0 Å². The lowest BCUT2D eigenvalue weighted by atomic mass is 10.2. The maximum atomic E-state index is 11.3. The first-order valence-electron chi connectivity index (χ1n) is 4.77. The Balaban J connectivity index is 2.84. The highest BCUT2D eigenvalue weighted by Gasteiger charge is 2.08. The molecule has 0 amide bonds. The smallest absolute Gasteiger partial charge is 0.175 e. The molecule has 0 saturated heterocycles. The zero-order valence-electron chi connectivity index (χ0n) is 9.36. The largest absolute Gasteiger partial charge is 0.397 e. The van der Waals surface area contributed by atoms with Gasteiger partial charge in [-0.15, -0.1) is 0 Å². The van der Waals surface area contributed by atoms with Crippen LogP contribution < -0.4 is 11.1 Å². The molecule has 4 nitrogen and oxygen atoms in total. The van der Waals surface area contributed by atoms with Gasteiger partial charge in [0.05, 0.1) is 16.3 Å². The number of hydrogen-bond acceptors (Lipinski definition) is 5. The summed E-state index contributed by atoms with van der Waals surface area (Å²) in [4.78, 5) is 0.250. The second-order valence-corrected chi connectivity index (χ2v) is 6.44. The van der Waals surface area contributed by atoms with Gasteiger partial charge in [0.25, 0.3) is 0 Å². The van der Waals surface area contributed by atoms with Crippen LogP contribution in [0.3, 0.4) is 0 Å². The molecular formula is C10H16N2O2S2. The third kappa shape index (κ3) is 3.61. The van der Waals surface area contributed by atoms with E-state index in [4.69, 9.17) is 5.73 Å². The van der Waals surface area contributed by atoms with E-state index in [1.54, 1.807) is 23.9 Å². The summed E-state index contributed by atoms with van der Waals surface area (Å²) in [5.41, 5.74) is 7.01. The molecule has 0 aliphatic carbocycles. The summed E-state index contributed by atoms with van der Waals surface area (Å²) in [7, 11) is -3.18. The fourth-order valence-electron chi connectivity index (χ4n) is 1.22. The van der Waals surface area contributed by atoms with Gasteiger partial charge >= 0.3 is 0 Å². The van der Waals surface area contributed by atoms with Crippen LogP contribution in [0.2, 0.25) is 0 Å². The van der Waals surface area contributed by atoms with Crippen molar-refractivity contribution in [3.8, 4) is 0 Å². The molecule has 0 aromatic heterocycles. The van der Waals surface area contributed by atoms with Crippen molar-refractivity contribution in [1.29, 1.82) is 0 Å². The minimum Gasteiger partial charge on any atom is -0.397 e. The van der Waals surface area contributed by atoms with Gasteiger partial charge in [-0.1, -0.05) is 0 Å². The predicted molar refractivity (Wildman–Crippen MR) is 70.8 cm³/mol. The lowest BCUT2D eigenvalue weighted by Crippen LogP contribution is -2.07. The van der Waals surface area contributed by atoms with Gasteiger partial charge in [-0.05, 0) is 24.5 Å². The second-order valence-electron chi connectivity index (χ2n) is 3.44. The monoisotopic (exact) mass is 260 g/mol. The number of nitrogens with one attached hydrogen (secondary N) is 1. The average molecular weight is 260 g/mol. The maximum absolute atomic E-state index is 11.3. The SMILES string of the molecule is CSCCNc1ccc(S(C)(=O)=O)cc1N. The Morgan fingerprint density at radius 1 is 1.44 bits per heavy atom. The highest BCUT2D eigenvalue weighted by Crippen LogP contribution is 2.22. The van der Waals surface area contributed by atoms with Gasteiger partial charge in [-0.2, -0.15) is 11.8 Å². The first-order chi connectivity index (χ1) is 7.45. The number of benzene rings is 1. The van der Waals surface area contributed by atoms with Gasteiger partial charge in [-0.25, -0.2) is 8.42 Å². The van der Waals surface area contributed by atoms with Crippen molar-refractivity contribution in [3.63, 3.8) is 0 Å². The molecular weight excluding hydrogens is 244 g/mol. The fraction of sp³-hybridized carbons (Fsp3) is 0.400. The van der Waals surface area contributed by atoms with E-state index in [-0.39, 0.29) is 4.90 Å². The van der Waals surface area contributed by atoms with Crippen LogP contribution in [0.1, 0.15) is 0 Å². The molecule has 0 unspecified atom stereocenters. The van der Waals surface area contributed by atoms with Gasteiger partial charge < -0.3 is 11.1 Å². The zero-order chi connectivity index (χ0) is 12.2. The van der Waals surface area contributed by atoms with E-state index in [1.807, 2.05) is 6.26 Å². The number of thioether (sulfide) groups is 1. The van der Waals surface area contributed by atoms with E-state index >= 15 is 0 Å². The van der Waals surface area contributed by atoms with Crippen molar-refractivity contribution in [2.24, 2.45) is 0 Å². The number of sulfone groups is 1. The van der Waals surface area contributed by atoms with Crippen molar-refractivity contribution in [2.45, 2.75) is 4.90 Å². The van der Waals surface area contributed by atoms with Crippen molar-refractivity contribution >= 4 is 33.0 Å². The van der Waals surface area contributed by atoms with Crippen molar-refractivity contribution in [2.75, 3.05) is 35.9 Å². The van der Waals surface area contributed by atoms with Crippen LogP contribution in [0.15, 0.2) is 23.1 Å². The van der Waals surface area contributed by atoms with Gasteiger partial charge in [0.1, 0.15) is 0 Å². The molecule has 16 heavy (non-hydrogen) atoms. The van der Waals surface area contributed by atoms with Gasteiger partial charge in [-0.3, -0.25) is 0 Å². The molecule has 1 aromatic rings. The van der Waals surface area contributed by atoms with E-state index in [0.29, 0.717) is 5.69 Å². The minimum atomic E-state index is -3.18. The molecule has 1 rings (SSSR count). The topological polar surface area (TPSA) is 72.2 Å². The van der Waals surface area contributed by atoms with E-state index in [2.05, 4.69) is 5.32 Å². The van der Waals surface area contributed by atoms with Crippen molar-refractivity contribution < 1.29 is 8.42 Å². The first kappa shape index (κ1) is 13.2. The van der Waals surface area contributed by atoms with Crippen LogP contribution >= 0.6 is 11.8 Å². The molecule has 1 aromatic carbocycles. The van der Waals surface area contributed by atoms with Gasteiger partial charge in [0.2, 0.25) is 0 Å². The Morgan fingerprint density at radius 2 is 2.12 bits per heavy atom. The molecule has 0 fully saturated rings. The molecule has 6 heteroatoms. The van der Waals surface area contributed by atoms with Crippen LogP contribution in [0.4, 0.5) is 11.4 Å². The van der Waals surface area contributed by atoms with Gasteiger partial charge in [0.15, 0.2) is 9.84 Å². The molecule has 90 valence electrons. The number of rotatable bonds is 5. The van der Waals surface area contributed by atoms with Crippen molar-refractivity contribution in [3.05, 3.63) is 18.2 Å². The van der Waals surface area contributed by atoms with E-state index in [9.17, 15) is 8.42 Å². The first-order valence-corrected chi connectivity index (χ1v) is 8.06. The third-order valence-corrected chi connectivity index (χ3v) is 3.80. The quantitative estimate of drug-likeness (QED) is 0.619. The molecule has 0 radical (unpaired) electrons. The van der Waals surface area contributed by atoms with Crippen LogP contribution in [0.25, 0.3) is 0 Å². The average Bonchev–Trinajstić information content (AvgIpc) is 2.19.